The van der Waals surface area contributed by atoms with Gasteiger partial charge in [0.2, 0.25) is 0 Å². The molecule has 3 aromatic carbocycles. The lowest BCUT2D eigenvalue weighted by atomic mass is 9.93. The molecule has 3 nitrogen and oxygen atoms in total. The normalized spacial score (nSPS) is 16.3. The highest BCUT2D eigenvalue weighted by atomic mass is 19.4. The van der Waals surface area contributed by atoms with E-state index < -0.39 is 24.1 Å². The zero-order valence-corrected chi connectivity index (χ0v) is 18.7. The van der Waals surface area contributed by atoms with Crippen LogP contribution in [0.4, 0.5) is 32.4 Å². The minimum absolute atomic E-state index is 0.106. The average molecular weight is 487 g/mol. The first kappa shape index (κ1) is 25.8. The van der Waals surface area contributed by atoms with E-state index in [1.54, 1.807) is 23.1 Å². The second kappa shape index (κ2) is 11.1. The number of para-hydroxylation sites is 1. The van der Waals surface area contributed by atoms with Crippen LogP contribution in [0.5, 0.6) is 0 Å². The maximum atomic E-state index is 13.4. The Hall–Kier alpha value is -3.81. The lowest BCUT2D eigenvalue weighted by Crippen LogP contribution is -2.29. The van der Waals surface area contributed by atoms with E-state index in [0.717, 1.165) is 17.7 Å². The van der Waals surface area contributed by atoms with E-state index in [9.17, 15) is 26.7 Å². The van der Waals surface area contributed by atoms with Crippen molar-refractivity contribution in [2.24, 2.45) is 0 Å². The molecule has 1 heterocycles. The van der Waals surface area contributed by atoms with Gasteiger partial charge in [0.15, 0.2) is 0 Å². The Labute approximate surface area is 199 Å². The van der Waals surface area contributed by atoms with Gasteiger partial charge in [-0.05, 0) is 53.8 Å². The molecule has 182 valence electrons. The summed E-state index contributed by atoms with van der Waals surface area (Å²) in [7, 11) is 0. The SMILES string of the molecule is C[C@@H](CC1=C[C@H](c2cccc(C(F)(F)F)c2)N(c2ccccc2)C1=O)c1ccccc1.O=C(F)F. The van der Waals surface area contributed by atoms with Crippen LogP contribution in [0.3, 0.4) is 0 Å². The van der Waals surface area contributed by atoms with Crippen LogP contribution in [0.15, 0.2) is 96.6 Å². The first-order valence-electron chi connectivity index (χ1n) is 10.7. The molecular formula is C27H22F5NO2. The Morgan fingerprint density at radius 2 is 1.49 bits per heavy atom. The third-order valence-electron chi connectivity index (χ3n) is 5.62. The number of hydrogen-bond acceptors (Lipinski definition) is 2. The average Bonchev–Trinajstić information content (AvgIpc) is 3.15. The number of carbonyl (C=O) groups excluding carboxylic acids is 2. The highest BCUT2D eigenvalue weighted by molar-refractivity contribution is 6.09. The molecule has 0 aromatic heterocycles. The summed E-state index contributed by atoms with van der Waals surface area (Å²) in [5.41, 5.74) is 2.11. The van der Waals surface area contributed by atoms with Crippen LogP contribution in [0.2, 0.25) is 0 Å². The highest BCUT2D eigenvalue weighted by Gasteiger charge is 2.37. The Morgan fingerprint density at radius 1 is 0.914 bits per heavy atom. The van der Waals surface area contributed by atoms with E-state index in [1.165, 1.54) is 6.07 Å². The van der Waals surface area contributed by atoms with Crippen molar-refractivity contribution in [3.63, 3.8) is 0 Å². The molecule has 0 radical (unpaired) electrons. The number of rotatable bonds is 5. The van der Waals surface area contributed by atoms with Gasteiger partial charge in [-0.2, -0.15) is 13.2 Å². The fourth-order valence-corrected chi connectivity index (χ4v) is 4.01. The van der Waals surface area contributed by atoms with Crippen LogP contribution < -0.4 is 4.90 Å². The molecule has 0 N–H and O–H groups in total. The molecular weight excluding hydrogens is 465 g/mol. The highest BCUT2D eigenvalue weighted by Crippen LogP contribution is 2.40. The van der Waals surface area contributed by atoms with E-state index in [-0.39, 0.29) is 11.8 Å². The molecule has 35 heavy (non-hydrogen) atoms. The van der Waals surface area contributed by atoms with Crippen LogP contribution in [0.1, 0.15) is 42.0 Å². The molecule has 1 aliphatic rings. The number of nitrogens with zero attached hydrogens (tertiary/aromatic N) is 1. The first-order chi connectivity index (χ1) is 16.6. The van der Waals surface area contributed by atoms with Crippen molar-refractivity contribution in [1.82, 2.24) is 0 Å². The number of anilines is 1. The van der Waals surface area contributed by atoms with Crippen molar-refractivity contribution in [2.75, 3.05) is 4.90 Å². The van der Waals surface area contributed by atoms with Gasteiger partial charge in [-0.3, -0.25) is 9.69 Å². The number of halogens is 5. The Balaban J connectivity index is 0.000000795. The standard InChI is InChI=1S/C26H22F3NO.CF2O/c1-18(19-9-4-2-5-10-19)15-21-17-24(20-11-8-12-22(16-20)26(27,28)29)30(25(21)31)23-13-6-3-7-14-23;2-1(3)4/h2-14,16-18,24H,15H2,1H3;/t18-,24+;/m0./s1. The summed E-state index contributed by atoms with van der Waals surface area (Å²) in [6, 6.07) is 23.6. The minimum Gasteiger partial charge on any atom is -0.298 e. The smallest absolute Gasteiger partial charge is 0.298 e. The van der Waals surface area contributed by atoms with Crippen LogP contribution in [0.25, 0.3) is 0 Å². The van der Waals surface area contributed by atoms with Crippen LogP contribution in [-0.2, 0) is 11.0 Å². The quantitative estimate of drug-likeness (QED) is 0.270. The number of carbonyl (C=O) groups is 2. The Bertz CT molecular complexity index is 1190. The lowest BCUT2D eigenvalue weighted by Gasteiger charge is -2.26. The zero-order chi connectivity index (χ0) is 25.6. The van der Waals surface area contributed by atoms with Gasteiger partial charge >= 0.3 is 12.5 Å². The summed E-state index contributed by atoms with van der Waals surface area (Å²) in [5.74, 6) is -0.0642. The molecule has 1 aliphatic heterocycles. The van der Waals surface area contributed by atoms with Crippen molar-refractivity contribution in [3.05, 3.63) is 113 Å². The molecule has 3 aromatic rings. The topological polar surface area (TPSA) is 37.4 Å². The molecule has 8 heteroatoms. The van der Waals surface area contributed by atoms with E-state index >= 15 is 0 Å². The summed E-state index contributed by atoms with van der Waals surface area (Å²) in [6.45, 7) is 2.05. The van der Waals surface area contributed by atoms with Gasteiger partial charge < -0.3 is 0 Å². The second-order valence-electron chi connectivity index (χ2n) is 8.01. The van der Waals surface area contributed by atoms with E-state index in [2.05, 4.69) is 0 Å². The lowest BCUT2D eigenvalue weighted by molar-refractivity contribution is -0.137. The van der Waals surface area contributed by atoms with E-state index in [0.29, 0.717) is 23.2 Å². The van der Waals surface area contributed by atoms with E-state index in [4.69, 9.17) is 4.79 Å². The van der Waals surface area contributed by atoms with Gasteiger partial charge in [0.05, 0.1) is 11.6 Å². The monoisotopic (exact) mass is 487 g/mol. The van der Waals surface area contributed by atoms with Gasteiger partial charge in [-0.1, -0.05) is 67.6 Å². The molecule has 0 bridgehead atoms. The third kappa shape index (κ3) is 6.62. The fraction of sp³-hybridized carbons (Fsp3) is 0.185. The molecule has 0 aliphatic carbocycles. The minimum atomic E-state index is -4.44. The van der Waals surface area contributed by atoms with Crippen LogP contribution >= 0.6 is 0 Å². The fourth-order valence-electron chi connectivity index (χ4n) is 4.01. The Morgan fingerprint density at radius 3 is 2.06 bits per heavy atom. The predicted molar refractivity (Wildman–Crippen MR) is 123 cm³/mol. The molecule has 1 amide bonds. The summed E-state index contributed by atoms with van der Waals surface area (Å²) in [4.78, 5) is 23.1. The first-order valence-corrected chi connectivity index (χ1v) is 10.7. The van der Waals surface area contributed by atoms with Crippen molar-refractivity contribution < 1.29 is 31.5 Å². The van der Waals surface area contributed by atoms with Crippen molar-refractivity contribution in [2.45, 2.75) is 31.5 Å². The van der Waals surface area contributed by atoms with Gasteiger partial charge in [0.1, 0.15) is 0 Å². The summed E-state index contributed by atoms with van der Waals surface area (Å²) < 4.78 is 59.3. The Kier molecular flexibility index (Phi) is 8.17. The number of benzene rings is 3. The number of alkyl halides is 3. The summed E-state index contributed by atoms with van der Waals surface area (Å²) in [5, 5.41) is 0. The van der Waals surface area contributed by atoms with E-state index in [1.807, 2.05) is 61.5 Å². The van der Waals surface area contributed by atoms with Gasteiger partial charge in [-0.25, -0.2) is 4.79 Å². The maximum absolute atomic E-state index is 13.4. The molecule has 0 spiro atoms. The van der Waals surface area contributed by atoms with Crippen molar-refractivity contribution in [1.29, 1.82) is 0 Å². The third-order valence-corrected chi connectivity index (χ3v) is 5.62. The van der Waals surface area contributed by atoms with Gasteiger partial charge in [0.25, 0.3) is 5.91 Å². The molecule has 4 rings (SSSR count). The number of hydrogen-bond donors (Lipinski definition) is 0. The summed E-state index contributed by atoms with van der Waals surface area (Å²) in [6.07, 6.45) is -4.95. The second-order valence-corrected chi connectivity index (χ2v) is 8.01. The maximum Gasteiger partial charge on any atom is 0.483 e. The summed E-state index contributed by atoms with van der Waals surface area (Å²) >= 11 is 0. The zero-order valence-electron chi connectivity index (χ0n) is 18.7. The molecule has 0 saturated carbocycles. The van der Waals surface area contributed by atoms with Crippen molar-refractivity contribution in [3.8, 4) is 0 Å². The molecule has 0 unspecified atom stereocenters. The number of amides is 1. The van der Waals surface area contributed by atoms with Crippen LogP contribution in [-0.4, -0.2) is 12.2 Å². The van der Waals surface area contributed by atoms with Crippen molar-refractivity contribution >= 4 is 17.9 Å². The molecule has 0 fully saturated rings. The largest absolute Gasteiger partial charge is 0.483 e. The van der Waals surface area contributed by atoms with Gasteiger partial charge in [0, 0.05) is 11.3 Å². The molecule has 2 atom stereocenters. The predicted octanol–water partition coefficient (Wildman–Crippen LogP) is 7.96. The molecule has 0 saturated heterocycles. The van der Waals surface area contributed by atoms with Crippen LogP contribution in [0, 0.1) is 0 Å². The van der Waals surface area contributed by atoms with Gasteiger partial charge in [-0.15, -0.1) is 8.78 Å².